The van der Waals surface area contributed by atoms with Crippen molar-refractivity contribution >= 4 is 39.6 Å². The lowest BCUT2D eigenvalue weighted by atomic mass is 10.0. The van der Waals surface area contributed by atoms with Crippen LogP contribution < -0.4 is 15.4 Å². The summed E-state index contributed by atoms with van der Waals surface area (Å²) in [5.41, 5.74) is 1.73. The number of thiophene rings is 1. The summed E-state index contributed by atoms with van der Waals surface area (Å²) in [7, 11) is 1.68. The molecule has 0 saturated carbocycles. The molecule has 0 bridgehead atoms. The van der Waals surface area contributed by atoms with E-state index in [9.17, 15) is 9.59 Å². The number of likely N-dealkylation sites (tertiary alicyclic amines) is 1. The Kier molecular flexibility index (Phi) is 7.51. The van der Waals surface area contributed by atoms with Crippen LogP contribution in [0, 0.1) is 0 Å². The van der Waals surface area contributed by atoms with Gasteiger partial charge in [0.05, 0.1) is 30.1 Å². The average molecular weight is 471 g/mol. The molecule has 0 aliphatic carbocycles. The molecule has 1 aliphatic heterocycles. The summed E-state index contributed by atoms with van der Waals surface area (Å²) in [5.74, 6) is 0.561. The van der Waals surface area contributed by atoms with Crippen molar-refractivity contribution in [1.29, 1.82) is 0 Å². The minimum Gasteiger partial charge on any atom is -0.496 e. The molecule has 1 aromatic carbocycles. The molecule has 9 heteroatoms. The van der Waals surface area contributed by atoms with Crippen molar-refractivity contribution in [2.45, 2.75) is 25.3 Å². The van der Waals surface area contributed by atoms with Gasteiger partial charge in [-0.15, -0.1) is 22.7 Å². The van der Waals surface area contributed by atoms with E-state index in [1.165, 1.54) is 35.5 Å². The highest BCUT2D eigenvalue weighted by molar-refractivity contribution is 7.14. The Balaban J connectivity index is 1.35. The predicted molar refractivity (Wildman–Crippen MR) is 128 cm³/mol. The number of carbonyl (C=O) groups is 2. The number of aromatic nitrogens is 1. The Morgan fingerprint density at radius 2 is 1.97 bits per heavy atom. The van der Waals surface area contributed by atoms with Crippen LogP contribution in [-0.2, 0) is 11.2 Å². The third-order valence-corrected chi connectivity index (χ3v) is 7.11. The molecule has 0 spiro atoms. The molecule has 2 amide bonds. The second kappa shape index (κ2) is 10.7. The summed E-state index contributed by atoms with van der Waals surface area (Å²) in [6, 6.07) is 11.6. The molecule has 3 heterocycles. The number of hydrogen-bond donors (Lipinski definition) is 2. The van der Waals surface area contributed by atoms with Crippen molar-refractivity contribution < 1.29 is 14.3 Å². The number of carbonyl (C=O) groups excluding carboxylic acids is 2. The summed E-state index contributed by atoms with van der Waals surface area (Å²) >= 11 is 2.70. The molecule has 3 aromatic rings. The average Bonchev–Trinajstić information content (AvgIpc) is 3.58. The Bertz CT molecular complexity index is 1050. The Labute approximate surface area is 195 Å². The third kappa shape index (κ3) is 5.53. The van der Waals surface area contributed by atoms with Gasteiger partial charge in [-0.05, 0) is 43.4 Å². The van der Waals surface area contributed by atoms with Gasteiger partial charge in [0.1, 0.15) is 5.75 Å². The number of nitrogens with one attached hydrogen (secondary N) is 2. The molecular weight excluding hydrogens is 444 g/mol. The van der Waals surface area contributed by atoms with Crippen LogP contribution in [0.15, 0.2) is 47.2 Å². The predicted octanol–water partition coefficient (Wildman–Crippen LogP) is 3.96. The Morgan fingerprint density at radius 1 is 1.16 bits per heavy atom. The van der Waals surface area contributed by atoms with Gasteiger partial charge in [-0.2, -0.15) is 0 Å². The van der Waals surface area contributed by atoms with Gasteiger partial charge >= 0.3 is 0 Å². The zero-order valence-electron chi connectivity index (χ0n) is 17.9. The second-order valence-electron chi connectivity index (χ2n) is 7.56. The van der Waals surface area contributed by atoms with Crippen LogP contribution in [0.4, 0.5) is 5.13 Å². The topological polar surface area (TPSA) is 83.6 Å². The zero-order valence-corrected chi connectivity index (χ0v) is 19.5. The molecule has 168 valence electrons. The number of amides is 2. The number of ether oxygens (including phenoxy) is 1. The quantitative estimate of drug-likeness (QED) is 0.495. The number of thiazole rings is 1. The maximum Gasteiger partial charge on any atom is 0.267 e. The monoisotopic (exact) mass is 470 g/mol. The number of nitrogens with zero attached hydrogens (tertiary/aromatic N) is 2. The number of anilines is 1. The largest absolute Gasteiger partial charge is 0.496 e. The number of hydrogen-bond acceptors (Lipinski definition) is 7. The van der Waals surface area contributed by atoms with Crippen LogP contribution in [0.25, 0.3) is 0 Å². The highest BCUT2D eigenvalue weighted by atomic mass is 32.1. The van der Waals surface area contributed by atoms with E-state index in [-0.39, 0.29) is 24.3 Å². The lowest BCUT2D eigenvalue weighted by molar-refractivity contribution is -0.120. The third-order valence-electron chi connectivity index (χ3n) is 5.43. The van der Waals surface area contributed by atoms with Crippen LogP contribution >= 0.6 is 22.7 Å². The van der Waals surface area contributed by atoms with Gasteiger partial charge < -0.3 is 10.1 Å². The number of para-hydroxylation sites is 1. The molecule has 2 aromatic heterocycles. The molecular formula is C23H26N4O3S2. The van der Waals surface area contributed by atoms with Gasteiger partial charge in [-0.25, -0.2) is 4.98 Å². The summed E-state index contributed by atoms with van der Waals surface area (Å²) in [6.07, 6.45) is 2.50. The molecule has 7 nitrogen and oxygen atoms in total. The lowest BCUT2D eigenvalue weighted by Gasteiger charge is -2.29. The van der Waals surface area contributed by atoms with Crippen LogP contribution in [0.3, 0.4) is 0 Å². The summed E-state index contributed by atoms with van der Waals surface area (Å²) in [6.45, 7) is 2.53. The number of methoxy groups -OCH3 is 1. The van der Waals surface area contributed by atoms with E-state index in [1.54, 1.807) is 13.2 Å². The fourth-order valence-electron chi connectivity index (χ4n) is 3.88. The van der Waals surface area contributed by atoms with Crippen LogP contribution in [0.5, 0.6) is 5.75 Å². The molecule has 1 atom stereocenters. The summed E-state index contributed by atoms with van der Waals surface area (Å²) in [4.78, 5) is 32.2. The van der Waals surface area contributed by atoms with Crippen molar-refractivity contribution in [2.24, 2.45) is 0 Å². The van der Waals surface area contributed by atoms with E-state index in [2.05, 4.69) is 26.6 Å². The standard InChI is InChI=1S/C23H26N4O3S2/c1-30-19-8-3-2-7-17(19)18(27-10-4-5-11-27)14-24-21(28)13-16-15-32-23(25-16)26-22(29)20-9-6-12-31-20/h2-3,6-9,12,15,18H,4-5,10-11,13-14H2,1H3,(H,24,28)(H,25,26,29). The Morgan fingerprint density at radius 3 is 2.72 bits per heavy atom. The van der Waals surface area contributed by atoms with E-state index >= 15 is 0 Å². The van der Waals surface area contributed by atoms with Crippen molar-refractivity contribution in [3.8, 4) is 5.75 Å². The molecule has 0 radical (unpaired) electrons. The first kappa shape index (κ1) is 22.4. The summed E-state index contributed by atoms with van der Waals surface area (Å²) in [5, 5.41) is 10.0. The summed E-state index contributed by atoms with van der Waals surface area (Å²) < 4.78 is 5.57. The van der Waals surface area contributed by atoms with Gasteiger partial charge in [0, 0.05) is 17.5 Å². The Hall–Kier alpha value is -2.75. The maximum atomic E-state index is 12.7. The van der Waals surface area contributed by atoms with Crippen LogP contribution in [0.1, 0.15) is 39.8 Å². The SMILES string of the molecule is COc1ccccc1C(CNC(=O)Cc1csc(NC(=O)c2cccs2)n1)N1CCCC1. The molecule has 2 N–H and O–H groups in total. The van der Waals surface area contributed by atoms with Gasteiger partial charge in [-0.1, -0.05) is 24.3 Å². The first-order valence-corrected chi connectivity index (χ1v) is 12.3. The van der Waals surface area contributed by atoms with Crippen molar-refractivity contribution in [2.75, 3.05) is 32.1 Å². The highest BCUT2D eigenvalue weighted by Gasteiger charge is 2.26. The van der Waals surface area contributed by atoms with E-state index in [1.807, 2.05) is 35.0 Å². The fourth-order valence-corrected chi connectivity index (χ4v) is 5.20. The normalized spacial score (nSPS) is 14.8. The molecule has 4 rings (SSSR count). The molecule has 1 saturated heterocycles. The molecule has 1 aliphatic rings. The minimum absolute atomic E-state index is 0.0636. The van der Waals surface area contributed by atoms with E-state index in [4.69, 9.17) is 4.74 Å². The fraction of sp³-hybridized carbons (Fsp3) is 0.348. The maximum absolute atomic E-state index is 12.7. The number of benzene rings is 1. The smallest absolute Gasteiger partial charge is 0.267 e. The zero-order chi connectivity index (χ0) is 22.3. The van der Waals surface area contributed by atoms with Crippen molar-refractivity contribution in [1.82, 2.24) is 15.2 Å². The van der Waals surface area contributed by atoms with E-state index < -0.39 is 0 Å². The van der Waals surface area contributed by atoms with E-state index in [0.29, 0.717) is 22.2 Å². The van der Waals surface area contributed by atoms with Crippen LogP contribution in [-0.4, -0.2) is 48.4 Å². The van der Waals surface area contributed by atoms with Gasteiger partial charge in [0.15, 0.2) is 5.13 Å². The highest BCUT2D eigenvalue weighted by Crippen LogP contribution is 2.31. The molecule has 1 unspecified atom stereocenters. The first-order valence-electron chi connectivity index (χ1n) is 10.6. The molecule has 32 heavy (non-hydrogen) atoms. The second-order valence-corrected chi connectivity index (χ2v) is 9.36. The van der Waals surface area contributed by atoms with Crippen molar-refractivity contribution in [3.63, 3.8) is 0 Å². The van der Waals surface area contributed by atoms with Gasteiger partial charge in [-0.3, -0.25) is 19.8 Å². The lowest BCUT2D eigenvalue weighted by Crippen LogP contribution is -2.37. The minimum atomic E-state index is -0.185. The van der Waals surface area contributed by atoms with E-state index in [0.717, 1.165) is 24.4 Å². The van der Waals surface area contributed by atoms with Gasteiger partial charge in [0.2, 0.25) is 5.91 Å². The number of rotatable bonds is 9. The molecule has 1 fully saturated rings. The van der Waals surface area contributed by atoms with Gasteiger partial charge in [0.25, 0.3) is 5.91 Å². The van der Waals surface area contributed by atoms with Crippen molar-refractivity contribution in [3.05, 3.63) is 63.3 Å². The first-order chi connectivity index (χ1) is 15.6. The van der Waals surface area contributed by atoms with Crippen LogP contribution in [0.2, 0.25) is 0 Å².